The molecule has 11 heteroatoms. The van der Waals surface area contributed by atoms with Crippen LogP contribution in [0.25, 0.3) is 0 Å². The van der Waals surface area contributed by atoms with Crippen LogP contribution in [0.1, 0.15) is 16.7 Å². The Kier molecular flexibility index (Phi) is 8.57. The fourth-order valence-electron chi connectivity index (χ4n) is 4.05. The summed E-state index contributed by atoms with van der Waals surface area (Å²) in [6.45, 7) is 0.0658. The van der Waals surface area contributed by atoms with Crippen molar-refractivity contribution in [2.75, 3.05) is 45.2 Å². The van der Waals surface area contributed by atoms with Crippen molar-refractivity contribution in [1.82, 2.24) is 14.7 Å². The van der Waals surface area contributed by atoms with Crippen LogP contribution < -0.4 is 4.90 Å². The lowest BCUT2D eigenvalue weighted by Gasteiger charge is -2.33. The molecule has 0 saturated carbocycles. The van der Waals surface area contributed by atoms with Crippen LogP contribution in [-0.2, 0) is 29.1 Å². The van der Waals surface area contributed by atoms with E-state index in [1.165, 1.54) is 17.0 Å². The zero-order valence-electron chi connectivity index (χ0n) is 20.2. The molecular weight excluding hydrogens is 477 g/mol. The van der Waals surface area contributed by atoms with E-state index >= 15 is 0 Å². The highest BCUT2D eigenvalue weighted by Gasteiger charge is 2.45. The van der Waals surface area contributed by atoms with E-state index in [1.54, 1.807) is 18.2 Å². The van der Waals surface area contributed by atoms with E-state index in [0.717, 1.165) is 10.5 Å². The van der Waals surface area contributed by atoms with Crippen molar-refractivity contribution in [2.24, 2.45) is 0 Å². The minimum atomic E-state index is -5.22. The molecule has 1 heterocycles. The summed E-state index contributed by atoms with van der Waals surface area (Å²) in [5.74, 6) is -2.83. The van der Waals surface area contributed by atoms with Crippen LogP contribution in [-0.4, -0.2) is 84.2 Å². The number of fused-ring (bicyclic) bond motifs is 1. The lowest BCUT2D eigenvalue weighted by Crippen LogP contribution is -2.49. The molecule has 2 aromatic carbocycles. The van der Waals surface area contributed by atoms with E-state index in [1.807, 2.05) is 37.2 Å². The lowest BCUT2D eigenvalue weighted by molar-refractivity contribution is -0.170. The fraction of sp³-hybridized carbons (Fsp3) is 0.400. The van der Waals surface area contributed by atoms with Gasteiger partial charge in [-0.1, -0.05) is 42.5 Å². The molecule has 8 nitrogen and oxygen atoms in total. The number of likely N-dealkylation sites (N-methyl/N-ethyl adjacent to an activating group) is 1. The molecule has 0 unspecified atom stereocenters. The van der Waals surface area contributed by atoms with Crippen LogP contribution in [0, 0.1) is 0 Å². The van der Waals surface area contributed by atoms with Crippen molar-refractivity contribution in [3.63, 3.8) is 0 Å². The van der Waals surface area contributed by atoms with Gasteiger partial charge >= 0.3 is 18.2 Å². The molecule has 1 aliphatic heterocycles. The highest BCUT2D eigenvalue weighted by Crippen LogP contribution is 2.32. The van der Waals surface area contributed by atoms with Gasteiger partial charge in [-0.05, 0) is 43.3 Å². The van der Waals surface area contributed by atoms with Crippen LogP contribution in [0.3, 0.4) is 0 Å². The standard InChI is InChI=1S/C25H29F3N4O4/c1-29(2)13-14-30(15-18-7-4-3-5-8-18)22(33)17-32(23(34)25(26,27)28)21-10-6-9-19-11-12-31(24(35)36)16-20(19)21/h3-10H,11-17H2,1-2H3,(H,35,36). The number of halogens is 3. The first-order valence-electron chi connectivity index (χ1n) is 11.4. The van der Waals surface area contributed by atoms with Gasteiger partial charge in [-0.2, -0.15) is 13.2 Å². The van der Waals surface area contributed by atoms with Gasteiger partial charge in [-0.15, -0.1) is 0 Å². The van der Waals surface area contributed by atoms with E-state index in [-0.39, 0.29) is 31.9 Å². The molecule has 0 bridgehead atoms. The van der Waals surface area contributed by atoms with Crippen molar-refractivity contribution in [1.29, 1.82) is 0 Å². The molecule has 194 valence electrons. The second kappa shape index (κ2) is 11.4. The van der Waals surface area contributed by atoms with Crippen molar-refractivity contribution < 1.29 is 32.7 Å². The Balaban J connectivity index is 1.96. The number of amides is 3. The number of alkyl halides is 3. The van der Waals surface area contributed by atoms with Gasteiger partial charge in [0.05, 0.1) is 6.54 Å². The number of carbonyl (C=O) groups is 3. The molecule has 2 aromatic rings. The van der Waals surface area contributed by atoms with Crippen molar-refractivity contribution >= 4 is 23.6 Å². The number of nitrogens with zero attached hydrogens (tertiary/aromatic N) is 4. The van der Waals surface area contributed by atoms with Gasteiger partial charge in [0.2, 0.25) is 5.91 Å². The van der Waals surface area contributed by atoms with Crippen LogP contribution in [0.5, 0.6) is 0 Å². The molecule has 0 radical (unpaired) electrons. The van der Waals surface area contributed by atoms with E-state index in [9.17, 15) is 32.7 Å². The summed E-state index contributed by atoms with van der Waals surface area (Å²) < 4.78 is 40.9. The van der Waals surface area contributed by atoms with Crippen LogP contribution in [0.2, 0.25) is 0 Å². The molecule has 1 aliphatic rings. The predicted molar refractivity (Wildman–Crippen MR) is 127 cm³/mol. The Hall–Kier alpha value is -3.60. The maximum atomic E-state index is 13.6. The number of rotatable bonds is 8. The van der Waals surface area contributed by atoms with Gasteiger partial charge in [0.25, 0.3) is 0 Å². The number of anilines is 1. The molecular formula is C25H29F3N4O4. The molecule has 0 aliphatic carbocycles. The first kappa shape index (κ1) is 27.0. The molecule has 0 fully saturated rings. The van der Waals surface area contributed by atoms with E-state index in [0.29, 0.717) is 29.0 Å². The van der Waals surface area contributed by atoms with Gasteiger partial charge in [0.1, 0.15) is 6.54 Å². The third-order valence-corrected chi connectivity index (χ3v) is 5.98. The summed E-state index contributed by atoms with van der Waals surface area (Å²) in [4.78, 5) is 42.2. The smallest absolute Gasteiger partial charge is 0.465 e. The lowest BCUT2D eigenvalue weighted by atomic mass is 9.97. The summed E-state index contributed by atoms with van der Waals surface area (Å²) in [6.07, 6.45) is -6.14. The van der Waals surface area contributed by atoms with Gasteiger partial charge in [0, 0.05) is 31.9 Å². The van der Waals surface area contributed by atoms with Gasteiger partial charge in [-0.3, -0.25) is 14.5 Å². The van der Waals surface area contributed by atoms with E-state index < -0.39 is 30.6 Å². The fourth-order valence-corrected chi connectivity index (χ4v) is 4.05. The normalized spacial score (nSPS) is 13.3. The Bertz CT molecular complexity index is 1090. The number of hydrogen-bond donors (Lipinski definition) is 1. The maximum absolute atomic E-state index is 13.6. The second-order valence-corrected chi connectivity index (χ2v) is 8.86. The monoisotopic (exact) mass is 506 g/mol. The van der Waals surface area contributed by atoms with Crippen molar-refractivity contribution in [3.8, 4) is 0 Å². The topological polar surface area (TPSA) is 84.4 Å². The molecule has 1 N–H and O–H groups in total. The minimum absolute atomic E-state index is 0.110. The molecule has 0 spiro atoms. The van der Waals surface area contributed by atoms with Gasteiger partial charge in [0.15, 0.2) is 0 Å². The van der Waals surface area contributed by atoms with Crippen molar-refractivity contribution in [2.45, 2.75) is 25.7 Å². The third kappa shape index (κ3) is 6.75. The highest BCUT2D eigenvalue weighted by atomic mass is 19.4. The number of carbonyl (C=O) groups excluding carboxylic acids is 2. The van der Waals surface area contributed by atoms with Crippen LogP contribution >= 0.6 is 0 Å². The summed E-state index contributed by atoms with van der Waals surface area (Å²) in [5, 5.41) is 9.39. The second-order valence-electron chi connectivity index (χ2n) is 8.86. The molecule has 0 atom stereocenters. The Morgan fingerprint density at radius 2 is 1.69 bits per heavy atom. The average molecular weight is 507 g/mol. The maximum Gasteiger partial charge on any atom is 0.471 e. The zero-order chi connectivity index (χ0) is 26.5. The zero-order valence-corrected chi connectivity index (χ0v) is 20.2. The quantitative estimate of drug-likeness (QED) is 0.595. The Morgan fingerprint density at radius 1 is 1.00 bits per heavy atom. The third-order valence-electron chi connectivity index (χ3n) is 5.98. The summed E-state index contributed by atoms with van der Waals surface area (Å²) >= 11 is 0. The Labute approximate surface area is 207 Å². The number of hydrogen-bond acceptors (Lipinski definition) is 4. The highest BCUT2D eigenvalue weighted by molar-refractivity contribution is 6.02. The summed E-state index contributed by atoms with van der Waals surface area (Å²) in [5.41, 5.74) is 1.62. The van der Waals surface area contributed by atoms with Gasteiger partial charge in [-0.25, -0.2) is 4.79 Å². The average Bonchev–Trinajstić information content (AvgIpc) is 2.83. The van der Waals surface area contributed by atoms with E-state index in [4.69, 9.17) is 0 Å². The number of carboxylic acid groups (broad SMARTS) is 1. The Morgan fingerprint density at radius 3 is 2.31 bits per heavy atom. The summed E-state index contributed by atoms with van der Waals surface area (Å²) in [6, 6.07) is 13.6. The first-order chi connectivity index (χ1) is 17.0. The summed E-state index contributed by atoms with van der Waals surface area (Å²) in [7, 11) is 3.63. The van der Waals surface area contributed by atoms with Crippen LogP contribution in [0.4, 0.5) is 23.7 Å². The molecule has 3 amide bonds. The largest absolute Gasteiger partial charge is 0.471 e. The SMILES string of the molecule is CN(C)CCN(Cc1ccccc1)C(=O)CN(C(=O)C(F)(F)F)c1cccc2c1CN(C(=O)O)CC2. The predicted octanol–water partition coefficient (Wildman–Crippen LogP) is 3.21. The van der Waals surface area contributed by atoms with E-state index in [2.05, 4.69) is 0 Å². The molecule has 36 heavy (non-hydrogen) atoms. The van der Waals surface area contributed by atoms with Crippen molar-refractivity contribution in [3.05, 3.63) is 65.2 Å². The molecule has 0 aromatic heterocycles. The number of benzene rings is 2. The molecule has 3 rings (SSSR count). The minimum Gasteiger partial charge on any atom is -0.465 e. The van der Waals surface area contributed by atoms with Gasteiger partial charge < -0.3 is 19.8 Å². The molecule has 0 saturated heterocycles. The van der Waals surface area contributed by atoms with Crippen LogP contribution in [0.15, 0.2) is 48.5 Å². The first-order valence-corrected chi connectivity index (χ1v) is 11.4.